The summed E-state index contributed by atoms with van der Waals surface area (Å²) in [6.45, 7) is 3.86. The molecule has 0 spiro atoms. The molecule has 1 aromatic rings. The van der Waals surface area contributed by atoms with Crippen molar-refractivity contribution in [3.63, 3.8) is 0 Å². The van der Waals surface area contributed by atoms with Gasteiger partial charge in [-0.15, -0.1) is 0 Å². The normalized spacial score (nSPS) is 11.7. The first-order valence-electron chi connectivity index (χ1n) is 6.26. The van der Waals surface area contributed by atoms with Gasteiger partial charge >= 0.3 is 12.1 Å². The van der Waals surface area contributed by atoms with Gasteiger partial charge in [-0.1, -0.05) is 37.3 Å². The molecule has 5 nitrogen and oxygen atoms in total. The minimum absolute atomic E-state index is 0.145. The average molecular weight is 265 g/mol. The predicted molar refractivity (Wildman–Crippen MR) is 70.7 cm³/mol. The molecule has 104 valence electrons. The second-order valence-corrected chi connectivity index (χ2v) is 4.25. The van der Waals surface area contributed by atoms with Gasteiger partial charge in [0.2, 0.25) is 0 Å². The Bertz CT molecular complexity index is 419. The molecule has 1 amide bonds. The van der Waals surface area contributed by atoms with Crippen LogP contribution < -0.4 is 0 Å². The molecule has 5 heteroatoms. The van der Waals surface area contributed by atoms with Crippen molar-refractivity contribution in [3.8, 4) is 0 Å². The number of carboxylic acids is 1. The maximum absolute atomic E-state index is 11.9. The second kappa shape index (κ2) is 7.41. The monoisotopic (exact) mass is 265 g/mol. The van der Waals surface area contributed by atoms with Crippen LogP contribution in [0.4, 0.5) is 4.79 Å². The van der Waals surface area contributed by atoms with E-state index in [0.29, 0.717) is 13.0 Å². The van der Waals surface area contributed by atoms with Gasteiger partial charge in [-0.05, 0) is 18.9 Å². The Morgan fingerprint density at radius 3 is 2.47 bits per heavy atom. The van der Waals surface area contributed by atoms with E-state index in [1.165, 1.54) is 11.8 Å². The first-order valence-corrected chi connectivity index (χ1v) is 6.26. The SMILES string of the molecule is CCCN(C(=O)OCc1ccccc1)[C@@H](C)C(=O)O. The fourth-order valence-corrected chi connectivity index (χ4v) is 1.62. The lowest BCUT2D eigenvalue weighted by molar-refractivity contribution is -0.142. The van der Waals surface area contributed by atoms with Crippen LogP contribution in [0.15, 0.2) is 30.3 Å². The summed E-state index contributed by atoms with van der Waals surface area (Å²) in [6, 6.07) is 8.39. The van der Waals surface area contributed by atoms with E-state index in [-0.39, 0.29) is 6.61 Å². The van der Waals surface area contributed by atoms with Crippen LogP contribution in [0, 0.1) is 0 Å². The Kier molecular flexibility index (Phi) is 5.85. The number of ether oxygens (including phenoxy) is 1. The molecule has 1 N–H and O–H groups in total. The number of carboxylic acid groups (broad SMARTS) is 1. The van der Waals surface area contributed by atoms with Crippen LogP contribution in [0.25, 0.3) is 0 Å². The fourth-order valence-electron chi connectivity index (χ4n) is 1.62. The summed E-state index contributed by atoms with van der Waals surface area (Å²) < 4.78 is 5.14. The third kappa shape index (κ3) is 4.62. The number of amides is 1. The van der Waals surface area contributed by atoms with E-state index in [1.807, 2.05) is 37.3 Å². The van der Waals surface area contributed by atoms with Crippen molar-refractivity contribution in [2.75, 3.05) is 6.54 Å². The highest BCUT2D eigenvalue weighted by molar-refractivity contribution is 5.79. The quantitative estimate of drug-likeness (QED) is 0.858. The highest BCUT2D eigenvalue weighted by Crippen LogP contribution is 2.07. The van der Waals surface area contributed by atoms with E-state index in [0.717, 1.165) is 5.56 Å². The van der Waals surface area contributed by atoms with Gasteiger partial charge in [-0.3, -0.25) is 4.90 Å². The number of benzene rings is 1. The first-order chi connectivity index (χ1) is 9.06. The summed E-state index contributed by atoms with van der Waals surface area (Å²) in [6.07, 6.45) is 0.0820. The van der Waals surface area contributed by atoms with E-state index in [4.69, 9.17) is 9.84 Å². The van der Waals surface area contributed by atoms with Crippen molar-refractivity contribution in [2.45, 2.75) is 32.9 Å². The zero-order valence-electron chi connectivity index (χ0n) is 11.2. The van der Waals surface area contributed by atoms with Crippen LogP contribution >= 0.6 is 0 Å². The molecule has 19 heavy (non-hydrogen) atoms. The summed E-state index contributed by atoms with van der Waals surface area (Å²) in [5.74, 6) is -1.04. The number of aliphatic carboxylic acids is 1. The average Bonchev–Trinajstić information content (AvgIpc) is 2.42. The van der Waals surface area contributed by atoms with E-state index < -0.39 is 18.1 Å². The molecule has 0 fully saturated rings. The van der Waals surface area contributed by atoms with Crippen molar-refractivity contribution in [3.05, 3.63) is 35.9 Å². The molecule has 1 aromatic carbocycles. The predicted octanol–water partition coefficient (Wildman–Crippen LogP) is 2.51. The number of carbonyl (C=O) groups excluding carboxylic acids is 1. The topological polar surface area (TPSA) is 66.8 Å². The standard InChI is InChI=1S/C14H19NO4/c1-3-9-15(11(2)13(16)17)14(18)19-10-12-7-5-4-6-8-12/h4-8,11H,3,9-10H2,1-2H3,(H,16,17)/t11-/m0/s1. The smallest absolute Gasteiger partial charge is 0.410 e. The van der Waals surface area contributed by atoms with Crippen LogP contribution in [-0.4, -0.2) is 34.7 Å². The number of rotatable bonds is 6. The van der Waals surface area contributed by atoms with Gasteiger partial charge < -0.3 is 9.84 Å². The van der Waals surface area contributed by atoms with Crippen molar-refractivity contribution in [1.82, 2.24) is 4.90 Å². The Balaban J connectivity index is 2.60. The molecule has 1 rings (SSSR count). The highest BCUT2D eigenvalue weighted by atomic mass is 16.6. The number of nitrogens with zero attached hydrogens (tertiary/aromatic N) is 1. The fraction of sp³-hybridized carbons (Fsp3) is 0.429. The number of hydrogen-bond acceptors (Lipinski definition) is 3. The molecular formula is C14H19NO4. The molecule has 0 saturated carbocycles. The number of hydrogen-bond donors (Lipinski definition) is 1. The maximum atomic E-state index is 11.9. The molecule has 0 saturated heterocycles. The summed E-state index contributed by atoms with van der Waals surface area (Å²) >= 11 is 0. The van der Waals surface area contributed by atoms with Gasteiger partial charge in [-0.2, -0.15) is 0 Å². The van der Waals surface area contributed by atoms with Gasteiger partial charge in [0.25, 0.3) is 0 Å². The lowest BCUT2D eigenvalue weighted by Crippen LogP contribution is -2.43. The van der Waals surface area contributed by atoms with Gasteiger partial charge in [-0.25, -0.2) is 9.59 Å². The van der Waals surface area contributed by atoms with Crippen molar-refractivity contribution in [2.24, 2.45) is 0 Å². The molecule has 0 aromatic heterocycles. The largest absolute Gasteiger partial charge is 0.480 e. The molecule has 1 atom stereocenters. The van der Waals surface area contributed by atoms with Gasteiger partial charge in [0.1, 0.15) is 12.6 Å². The van der Waals surface area contributed by atoms with Crippen LogP contribution in [0.1, 0.15) is 25.8 Å². The lowest BCUT2D eigenvalue weighted by Gasteiger charge is -2.25. The minimum atomic E-state index is -1.04. The zero-order chi connectivity index (χ0) is 14.3. The van der Waals surface area contributed by atoms with E-state index in [9.17, 15) is 9.59 Å². The van der Waals surface area contributed by atoms with Crippen LogP contribution in [0.2, 0.25) is 0 Å². The number of carbonyl (C=O) groups is 2. The highest BCUT2D eigenvalue weighted by Gasteiger charge is 2.25. The summed E-state index contributed by atoms with van der Waals surface area (Å²) in [5.41, 5.74) is 0.871. The van der Waals surface area contributed by atoms with Crippen LogP contribution in [0.5, 0.6) is 0 Å². The summed E-state index contributed by atoms with van der Waals surface area (Å²) in [7, 11) is 0. The molecule has 0 bridgehead atoms. The second-order valence-electron chi connectivity index (χ2n) is 4.25. The Morgan fingerprint density at radius 1 is 1.32 bits per heavy atom. The molecule has 0 aliphatic carbocycles. The molecule has 0 aliphatic rings. The van der Waals surface area contributed by atoms with E-state index >= 15 is 0 Å². The maximum Gasteiger partial charge on any atom is 0.410 e. The summed E-state index contributed by atoms with van der Waals surface area (Å²) in [4.78, 5) is 24.1. The Morgan fingerprint density at radius 2 is 1.95 bits per heavy atom. The van der Waals surface area contributed by atoms with E-state index in [2.05, 4.69) is 0 Å². The first kappa shape index (κ1) is 15.0. The van der Waals surface area contributed by atoms with Crippen LogP contribution in [-0.2, 0) is 16.1 Å². The van der Waals surface area contributed by atoms with Crippen molar-refractivity contribution >= 4 is 12.1 Å². The molecular weight excluding hydrogens is 246 g/mol. The van der Waals surface area contributed by atoms with Gasteiger partial charge in [0.15, 0.2) is 0 Å². The molecule has 0 heterocycles. The van der Waals surface area contributed by atoms with Gasteiger partial charge in [0.05, 0.1) is 0 Å². The zero-order valence-corrected chi connectivity index (χ0v) is 11.2. The van der Waals surface area contributed by atoms with Crippen molar-refractivity contribution < 1.29 is 19.4 Å². The van der Waals surface area contributed by atoms with Crippen molar-refractivity contribution in [1.29, 1.82) is 0 Å². The third-order valence-corrected chi connectivity index (χ3v) is 2.73. The molecule has 0 unspecified atom stereocenters. The Hall–Kier alpha value is -2.04. The minimum Gasteiger partial charge on any atom is -0.480 e. The van der Waals surface area contributed by atoms with E-state index in [1.54, 1.807) is 0 Å². The molecule has 0 radical (unpaired) electrons. The third-order valence-electron chi connectivity index (χ3n) is 2.73. The lowest BCUT2D eigenvalue weighted by atomic mass is 10.2. The Labute approximate surface area is 112 Å². The molecule has 0 aliphatic heterocycles. The summed E-state index contributed by atoms with van der Waals surface area (Å²) in [5, 5.41) is 8.96. The van der Waals surface area contributed by atoms with Crippen LogP contribution in [0.3, 0.4) is 0 Å². The van der Waals surface area contributed by atoms with Gasteiger partial charge in [0, 0.05) is 6.54 Å².